The van der Waals surface area contributed by atoms with Crippen LogP contribution in [0.4, 0.5) is 0 Å². The maximum Gasteiger partial charge on any atom is 0.303 e. The summed E-state index contributed by atoms with van der Waals surface area (Å²) in [6, 6.07) is 5.89. The number of carbonyl (C=O) groups is 2. The lowest BCUT2D eigenvalue weighted by molar-refractivity contribution is -0.139. The molecule has 1 saturated heterocycles. The molecule has 1 aliphatic rings. The number of likely N-dealkylation sites (tertiary alicyclic amines) is 1. The van der Waals surface area contributed by atoms with E-state index >= 15 is 0 Å². The Balaban J connectivity index is 1.83. The molecular formula is C17H23NO4. The lowest BCUT2D eigenvalue weighted by Crippen LogP contribution is -2.41. The average Bonchev–Trinajstić information content (AvgIpc) is 2.46. The lowest BCUT2D eigenvalue weighted by Gasteiger charge is -2.31. The molecule has 0 saturated carbocycles. The number of carboxylic acids is 1. The number of hydrogen-bond donors (Lipinski definition) is 1. The summed E-state index contributed by atoms with van der Waals surface area (Å²) in [6.07, 6.45) is 1.70. The Morgan fingerprint density at radius 3 is 2.36 bits per heavy atom. The summed E-state index contributed by atoms with van der Waals surface area (Å²) in [5.41, 5.74) is 2.04. The van der Waals surface area contributed by atoms with Crippen LogP contribution in [0.15, 0.2) is 18.2 Å². The second kappa shape index (κ2) is 7.29. The van der Waals surface area contributed by atoms with E-state index in [9.17, 15) is 9.59 Å². The van der Waals surface area contributed by atoms with E-state index in [0.29, 0.717) is 13.1 Å². The Morgan fingerprint density at radius 2 is 1.82 bits per heavy atom. The van der Waals surface area contributed by atoms with Gasteiger partial charge in [0, 0.05) is 19.5 Å². The molecule has 0 atom stereocenters. The molecule has 1 amide bonds. The molecule has 0 aliphatic carbocycles. The van der Waals surface area contributed by atoms with Crippen molar-refractivity contribution in [3.8, 4) is 5.75 Å². The Morgan fingerprint density at radius 1 is 1.23 bits per heavy atom. The predicted molar refractivity (Wildman–Crippen MR) is 83.0 cm³/mol. The zero-order chi connectivity index (χ0) is 16.1. The second-order valence-corrected chi connectivity index (χ2v) is 5.93. The lowest BCUT2D eigenvalue weighted by atomic mass is 9.93. The number of benzene rings is 1. The fourth-order valence-corrected chi connectivity index (χ4v) is 2.89. The van der Waals surface area contributed by atoms with E-state index in [0.717, 1.165) is 29.7 Å². The van der Waals surface area contributed by atoms with E-state index in [1.54, 1.807) is 4.90 Å². The van der Waals surface area contributed by atoms with Crippen LogP contribution in [-0.2, 0) is 9.59 Å². The zero-order valence-corrected chi connectivity index (χ0v) is 13.2. The zero-order valence-electron chi connectivity index (χ0n) is 13.2. The van der Waals surface area contributed by atoms with Crippen LogP contribution in [-0.4, -0.2) is 41.6 Å². The summed E-state index contributed by atoms with van der Waals surface area (Å²) < 4.78 is 5.69. The molecule has 0 bridgehead atoms. The molecule has 22 heavy (non-hydrogen) atoms. The molecule has 120 valence electrons. The van der Waals surface area contributed by atoms with Gasteiger partial charge in [-0.25, -0.2) is 0 Å². The summed E-state index contributed by atoms with van der Waals surface area (Å²) in [5.74, 6) is 0.164. The number of carboxylic acid groups (broad SMARTS) is 1. The quantitative estimate of drug-likeness (QED) is 0.907. The van der Waals surface area contributed by atoms with Gasteiger partial charge >= 0.3 is 5.97 Å². The van der Waals surface area contributed by atoms with Crippen molar-refractivity contribution in [2.24, 2.45) is 5.92 Å². The molecule has 5 nitrogen and oxygen atoms in total. The third-order valence-corrected chi connectivity index (χ3v) is 4.18. The van der Waals surface area contributed by atoms with Crippen molar-refractivity contribution in [3.05, 3.63) is 29.3 Å². The number of nitrogens with zero attached hydrogens (tertiary/aromatic N) is 1. The van der Waals surface area contributed by atoms with E-state index in [-0.39, 0.29) is 24.9 Å². The minimum atomic E-state index is -0.761. The molecule has 5 heteroatoms. The van der Waals surface area contributed by atoms with Crippen molar-refractivity contribution >= 4 is 11.9 Å². The number of hydrogen-bond acceptors (Lipinski definition) is 3. The van der Waals surface area contributed by atoms with Crippen LogP contribution in [0.2, 0.25) is 0 Å². The molecule has 1 aromatic carbocycles. The monoisotopic (exact) mass is 305 g/mol. The van der Waals surface area contributed by atoms with E-state index < -0.39 is 5.97 Å². The van der Waals surface area contributed by atoms with E-state index in [1.165, 1.54) is 0 Å². The van der Waals surface area contributed by atoms with Gasteiger partial charge in [0.1, 0.15) is 5.75 Å². The molecule has 1 aliphatic heterocycles. The predicted octanol–water partition coefficient (Wildman–Crippen LogP) is 2.40. The van der Waals surface area contributed by atoms with Crippen LogP contribution in [0.5, 0.6) is 5.75 Å². The Kier molecular flexibility index (Phi) is 5.41. The van der Waals surface area contributed by atoms with E-state index in [2.05, 4.69) is 0 Å². The van der Waals surface area contributed by atoms with Gasteiger partial charge in [-0.3, -0.25) is 9.59 Å². The van der Waals surface area contributed by atoms with Gasteiger partial charge in [0.05, 0.1) is 0 Å². The third-order valence-electron chi connectivity index (χ3n) is 4.18. The van der Waals surface area contributed by atoms with Gasteiger partial charge in [0.25, 0.3) is 5.91 Å². The van der Waals surface area contributed by atoms with Gasteiger partial charge in [-0.1, -0.05) is 18.2 Å². The first-order valence-electron chi connectivity index (χ1n) is 7.66. The molecule has 0 spiro atoms. The van der Waals surface area contributed by atoms with Crippen LogP contribution < -0.4 is 4.74 Å². The van der Waals surface area contributed by atoms with Crippen LogP contribution in [0.25, 0.3) is 0 Å². The SMILES string of the molecule is Cc1cccc(C)c1OCC(=O)N1CCC(CC(=O)O)CC1. The molecule has 0 aromatic heterocycles. The molecule has 1 N–H and O–H groups in total. The number of rotatable bonds is 5. The fraction of sp³-hybridized carbons (Fsp3) is 0.529. The first kappa shape index (κ1) is 16.3. The highest BCUT2D eigenvalue weighted by molar-refractivity contribution is 5.78. The summed E-state index contributed by atoms with van der Waals surface area (Å²) in [6.45, 7) is 5.20. The Hall–Kier alpha value is -2.04. The van der Waals surface area contributed by atoms with Gasteiger partial charge in [0.2, 0.25) is 0 Å². The summed E-state index contributed by atoms with van der Waals surface area (Å²) in [7, 11) is 0. The summed E-state index contributed by atoms with van der Waals surface area (Å²) in [4.78, 5) is 24.7. The first-order valence-corrected chi connectivity index (χ1v) is 7.66. The number of ether oxygens (including phenoxy) is 1. The van der Waals surface area contributed by atoms with Crippen molar-refractivity contribution in [1.82, 2.24) is 4.90 Å². The van der Waals surface area contributed by atoms with Gasteiger partial charge in [0.15, 0.2) is 6.61 Å². The average molecular weight is 305 g/mol. The van der Waals surface area contributed by atoms with Crippen molar-refractivity contribution in [2.45, 2.75) is 33.1 Å². The molecule has 1 heterocycles. The maximum absolute atomic E-state index is 12.2. The highest BCUT2D eigenvalue weighted by atomic mass is 16.5. The van der Waals surface area contributed by atoms with Gasteiger partial charge in [-0.2, -0.15) is 0 Å². The smallest absolute Gasteiger partial charge is 0.303 e. The summed E-state index contributed by atoms with van der Waals surface area (Å²) in [5, 5.41) is 8.80. The molecular weight excluding hydrogens is 282 g/mol. The molecule has 0 radical (unpaired) electrons. The highest BCUT2D eigenvalue weighted by Gasteiger charge is 2.24. The number of para-hydroxylation sites is 1. The van der Waals surface area contributed by atoms with Crippen molar-refractivity contribution < 1.29 is 19.4 Å². The van der Waals surface area contributed by atoms with Crippen LogP contribution in [0.1, 0.15) is 30.4 Å². The topological polar surface area (TPSA) is 66.8 Å². The molecule has 1 fully saturated rings. The molecule has 2 rings (SSSR count). The normalized spacial score (nSPS) is 15.6. The number of aryl methyl sites for hydroxylation is 2. The van der Waals surface area contributed by atoms with Crippen LogP contribution in [0.3, 0.4) is 0 Å². The van der Waals surface area contributed by atoms with Crippen molar-refractivity contribution in [2.75, 3.05) is 19.7 Å². The maximum atomic E-state index is 12.2. The molecule has 1 aromatic rings. The first-order chi connectivity index (χ1) is 10.5. The number of piperidine rings is 1. The Bertz CT molecular complexity index is 527. The summed E-state index contributed by atoms with van der Waals surface area (Å²) >= 11 is 0. The standard InChI is InChI=1S/C17H23NO4/c1-12-4-3-5-13(2)17(12)22-11-15(19)18-8-6-14(7-9-18)10-16(20)21/h3-5,14H,6-11H2,1-2H3,(H,20,21). The highest BCUT2D eigenvalue weighted by Crippen LogP contribution is 2.23. The van der Waals surface area contributed by atoms with Crippen LogP contribution in [0, 0.1) is 19.8 Å². The number of carbonyl (C=O) groups excluding carboxylic acids is 1. The van der Waals surface area contributed by atoms with Gasteiger partial charge in [-0.15, -0.1) is 0 Å². The Labute approximate surface area is 130 Å². The van der Waals surface area contributed by atoms with Crippen molar-refractivity contribution in [1.29, 1.82) is 0 Å². The van der Waals surface area contributed by atoms with E-state index in [1.807, 2.05) is 32.0 Å². The third kappa shape index (κ3) is 4.23. The minimum absolute atomic E-state index is 0.0311. The fourth-order valence-electron chi connectivity index (χ4n) is 2.89. The van der Waals surface area contributed by atoms with E-state index in [4.69, 9.17) is 9.84 Å². The number of amides is 1. The van der Waals surface area contributed by atoms with Gasteiger partial charge < -0.3 is 14.7 Å². The molecule has 0 unspecified atom stereocenters. The van der Waals surface area contributed by atoms with Crippen LogP contribution >= 0.6 is 0 Å². The largest absolute Gasteiger partial charge is 0.483 e. The minimum Gasteiger partial charge on any atom is -0.483 e. The van der Waals surface area contributed by atoms with Crippen molar-refractivity contribution in [3.63, 3.8) is 0 Å². The van der Waals surface area contributed by atoms with Gasteiger partial charge in [-0.05, 0) is 43.7 Å². The second-order valence-electron chi connectivity index (χ2n) is 5.93. The number of aliphatic carboxylic acids is 1.